The molecule has 19 heavy (non-hydrogen) atoms. The number of hydrazine groups is 1. The van der Waals surface area contributed by atoms with Crippen molar-refractivity contribution in [3.63, 3.8) is 0 Å². The summed E-state index contributed by atoms with van der Waals surface area (Å²) in [5.74, 6) is 6.59. The normalized spacial score (nSPS) is 10.2. The van der Waals surface area contributed by atoms with Crippen molar-refractivity contribution >= 4 is 23.3 Å². The molecule has 0 aliphatic carbocycles. The molecule has 0 amide bonds. The number of rotatable bonds is 5. The summed E-state index contributed by atoms with van der Waals surface area (Å²) < 4.78 is 0. The summed E-state index contributed by atoms with van der Waals surface area (Å²) in [5, 5.41) is 10.5. The van der Waals surface area contributed by atoms with Crippen LogP contribution in [0.5, 0.6) is 0 Å². The molecule has 2 rings (SSSR count). The van der Waals surface area contributed by atoms with Gasteiger partial charge in [0.1, 0.15) is 5.82 Å². The largest absolute Gasteiger partial charge is 0.308 e. The van der Waals surface area contributed by atoms with E-state index in [4.69, 9.17) is 5.84 Å². The lowest BCUT2D eigenvalue weighted by Gasteiger charge is -2.03. The molecule has 0 atom stereocenters. The predicted molar refractivity (Wildman–Crippen MR) is 74.7 cm³/mol. The molecule has 1 aromatic carbocycles. The third-order valence-corrected chi connectivity index (χ3v) is 3.51. The first-order valence-corrected chi connectivity index (χ1v) is 6.46. The molecule has 3 N–H and O–H groups in total. The first kappa shape index (κ1) is 13.3. The van der Waals surface area contributed by atoms with Crippen LogP contribution in [0.3, 0.4) is 0 Å². The Kier molecular flexibility index (Phi) is 4.32. The zero-order chi connectivity index (χ0) is 13.7. The number of benzene rings is 1. The Morgan fingerprint density at radius 2 is 2.00 bits per heavy atom. The van der Waals surface area contributed by atoms with Gasteiger partial charge in [0, 0.05) is 29.0 Å². The van der Waals surface area contributed by atoms with Gasteiger partial charge in [0.15, 0.2) is 0 Å². The molecule has 6 nitrogen and oxygen atoms in total. The van der Waals surface area contributed by atoms with Gasteiger partial charge in [0.05, 0.1) is 4.92 Å². The highest BCUT2D eigenvalue weighted by Crippen LogP contribution is 2.24. The summed E-state index contributed by atoms with van der Waals surface area (Å²) in [7, 11) is 0. The van der Waals surface area contributed by atoms with E-state index in [0.29, 0.717) is 5.82 Å². The second-order valence-electron chi connectivity index (χ2n) is 3.74. The van der Waals surface area contributed by atoms with Crippen molar-refractivity contribution in [1.82, 2.24) is 4.98 Å². The average molecular weight is 276 g/mol. The van der Waals surface area contributed by atoms with Gasteiger partial charge in [-0.3, -0.25) is 10.1 Å². The third-order valence-electron chi connectivity index (χ3n) is 2.43. The van der Waals surface area contributed by atoms with Gasteiger partial charge in [-0.1, -0.05) is 6.07 Å². The van der Waals surface area contributed by atoms with Gasteiger partial charge in [-0.05, 0) is 23.8 Å². The lowest BCUT2D eigenvalue weighted by Crippen LogP contribution is -2.08. The smallest absolute Gasteiger partial charge is 0.269 e. The van der Waals surface area contributed by atoms with Crippen LogP contribution >= 0.6 is 11.8 Å². The second kappa shape index (κ2) is 6.17. The van der Waals surface area contributed by atoms with E-state index in [9.17, 15) is 10.1 Å². The van der Waals surface area contributed by atoms with Crippen molar-refractivity contribution in [2.45, 2.75) is 10.6 Å². The molecule has 2 aromatic rings. The van der Waals surface area contributed by atoms with Gasteiger partial charge < -0.3 is 5.43 Å². The van der Waals surface area contributed by atoms with Gasteiger partial charge in [0.2, 0.25) is 0 Å². The highest BCUT2D eigenvalue weighted by molar-refractivity contribution is 7.98. The number of non-ortho nitro benzene ring substituents is 1. The molecule has 0 bridgehead atoms. The highest BCUT2D eigenvalue weighted by atomic mass is 32.2. The van der Waals surface area contributed by atoms with Crippen molar-refractivity contribution in [3.8, 4) is 0 Å². The molecule has 0 aliphatic heterocycles. The topological polar surface area (TPSA) is 94.1 Å². The average Bonchev–Trinajstić information content (AvgIpc) is 2.46. The van der Waals surface area contributed by atoms with Gasteiger partial charge in [-0.2, -0.15) is 0 Å². The number of nitro groups is 1. The predicted octanol–water partition coefficient (Wildman–Crippen LogP) is 2.57. The fourth-order valence-electron chi connectivity index (χ4n) is 1.43. The molecule has 0 saturated carbocycles. The summed E-state index contributed by atoms with van der Waals surface area (Å²) in [4.78, 5) is 15.2. The molecule has 7 heteroatoms. The van der Waals surface area contributed by atoms with Crippen LogP contribution in [0.15, 0.2) is 47.5 Å². The zero-order valence-corrected chi connectivity index (χ0v) is 10.8. The van der Waals surface area contributed by atoms with E-state index in [0.717, 1.165) is 16.2 Å². The van der Waals surface area contributed by atoms with Crippen LogP contribution in [0.25, 0.3) is 0 Å². The molecule has 0 aliphatic rings. The molecule has 0 saturated heterocycles. The molecule has 0 fully saturated rings. The lowest BCUT2D eigenvalue weighted by atomic mass is 10.3. The Labute approximate surface area is 114 Å². The van der Waals surface area contributed by atoms with E-state index in [1.807, 2.05) is 6.07 Å². The van der Waals surface area contributed by atoms with Crippen LogP contribution in [0.4, 0.5) is 11.5 Å². The van der Waals surface area contributed by atoms with E-state index >= 15 is 0 Å². The highest BCUT2D eigenvalue weighted by Gasteiger charge is 2.04. The van der Waals surface area contributed by atoms with E-state index in [-0.39, 0.29) is 5.69 Å². The van der Waals surface area contributed by atoms with Crippen LogP contribution in [0, 0.1) is 10.1 Å². The van der Waals surface area contributed by atoms with Crippen molar-refractivity contribution in [2.75, 3.05) is 5.43 Å². The molecule has 1 aromatic heterocycles. The SMILES string of the molecule is NNc1ccc(CSc2ccc([N+](=O)[O-])cc2)cn1. The minimum atomic E-state index is -0.406. The standard InChI is InChI=1S/C12H12N4O2S/c13-15-12-6-1-9(7-14-12)8-19-11-4-2-10(3-5-11)16(17)18/h1-7H,8,13H2,(H,14,15). The van der Waals surface area contributed by atoms with E-state index in [1.54, 1.807) is 36.2 Å². The Bertz CT molecular complexity index is 557. The quantitative estimate of drug-likeness (QED) is 0.377. The number of nitrogens with two attached hydrogens (primary N) is 1. The van der Waals surface area contributed by atoms with E-state index in [2.05, 4.69) is 10.4 Å². The van der Waals surface area contributed by atoms with Gasteiger partial charge in [-0.25, -0.2) is 10.8 Å². The molecular weight excluding hydrogens is 264 g/mol. The number of nitro benzene ring substituents is 1. The van der Waals surface area contributed by atoms with Crippen molar-refractivity contribution in [1.29, 1.82) is 0 Å². The van der Waals surface area contributed by atoms with E-state index in [1.165, 1.54) is 12.1 Å². The molecule has 1 heterocycles. The summed E-state index contributed by atoms with van der Waals surface area (Å²) in [6, 6.07) is 10.2. The van der Waals surface area contributed by atoms with Gasteiger partial charge in [-0.15, -0.1) is 11.8 Å². The molecule has 98 valence electrons. The van der Waals surface area contributed by atoms with Crippen LogP contribution in [-0.2, 0) is 5.75 Å². The van der Waals surface area contributed by atoms with Gasteiger partial charge in [0.25, 0.3) is 5.69 Å². The molecule has 0 unspecified atom stereocenters. The minimum absolute atomic E-state index is 0.101. The number of pyridine rings is 1. The number of hydrogen-bond donors (Lipinski definition) is 2. The first-order valence-electron chi connectivity index (χ1n) is 5.48. The summed E-state index contributed by atoms with van der Waals surface area (Å²) >= 11 is 1.59. The molecular formula is C12H12N4O2S. The number of nitrogens with zero attached hydrogens (tertiary/aromatic N) is 2. The fraction of sp³-hybridized carbons (Fsp3) is 0.0833. The number of thioether (sulfide) groups is 1. The molecule has 0 spiro atoms. The summed E-state index contributed by atoms with van der Waals surface area (Å²) in [6.07, 6.45) is 1.74. The number of nitrogen functional groups attached to an aromatic ring is 1. The Morgan fingerprint density at radius 3 is 2.53 bits per heavy atom. The maximum atomic E-state index is 10.5. The van der Waals surface area contributed by atoms with E-state index < -0.39 is 4.92 Å². The lowest BCUT2D eigenvalue weighted by molar-refractivity contribution is -0.384. The first-order chi connectivity index (χ1) is 9.19. The number of nitrogens with one attached hydrogen (secondary N) is 1. The van der Waals surface area contributed by atoms with Crippen molar-refractivity contribution in [2.24, 2.45) is 5.84 Å². The maximum absolute atomic E-state index is 10.5. The summed E-state index contributed by atoms with van der Waals surface area (Å²) in [6.45, 7) is 0. The number of aromatic nitrogens is 1. The maximum Gasteiger partial charge on any atom is 0.269 e. The second-order valence-corrected chi connectivity index (χ2v) is 4.78. The Hall–Kier alpha value is -2.12. The van der Waals surface area contributed by atoms with Gasteiger partial charge >= 0.3 is 0 Å². The van der Waals surface area contributed by atoms with Crippen LogP contribution in [0.1, 0.15) is 5.56 Å². The Morgan fingerprint density at radius 1 is 1.26 bits per heavy atom. The monoisotopic (exact) mass is 276 g/mol. The fourth-order valence-corrected chi connectivity index (χ4v) is 2.26. The zero-order valence-electron chi connectivity index (χ0n) is 9.95. The number of anilines is 1. The van der Waals surface area contributed by atoms with Crippen molar-refractivity contribution < 1.29 is 4.92 Å². The Balaban J connectivity index is 1.95. The number of hydrogen-bond acceptors (Lipinski definition) is 6. The third kappa shape index (κ3) is 3.67. The molecule has 0 radical (unpaired) electrons. The minimum Gasteiger partial charge on any atom is -0.308 e. The van der Waals surface area contributed by atoms with Crippen LogP contribution in [0.2, 0.25) is 0 Å². The van der Waals surface area contributed by atoms with Crippen LogP contribution in [-0.4, -0.2) is 9.91 Å². The van der Waals surface area contributed by atoms with Crippen molar-refractivity contribution in [3.05, 3.63) is 58.3 Å². The summed E-state index contributed by atoms with van der Waals surface area (Å²) in [5.41, 5.74) is 3.62. The van der Waals surface area contributed by atoms with Crippen LogP contribution < -0.4 is 11.3 Å².